The van der Waals surface area contributed by atoms with E-state index in [-0.39, 0.29) is 25.5 Å². The van der Waals surface area contributed by atoms with Crippen molar-refractivity contribution in [3.8, 4) is 5.75 Å². The molecule has 32 heavy (non-hydrogen) atoms. The first kappa shape index (κ1) is 22.8. The molecule has 0 radical (unpaired) electrons. The number of hydrogen-bond donors (Lipinski definition) is 2. The second-order valence-corrected chi connectivity index (χ2v) is 6.60. The van der Waals surface area contributed by atoms with Gasteiger partial charge in [-0.05, 0) is 12.1 Å². The first-order valence-corrected chi connectivity index (χ1v) is 9.12. The number of amides is 1. The molecule has 0 aliphatic carbocycles. The number of nitrogens with zero attached hydrogens (tertiary/aromatic N) is 4. The average Bonchev–Trinajstić information content (AvgIpc) is 3.15. The summed E-state index contributed by atoms with van der Waals surface area (Å²) in [5.74, 6) is -2.20. The van der Waals surface area contributed by atoms with Crippen LogP contribution in [0.5, 0.6) is 5.75 Å². The summed E-state index contributed by atoms with van der Waals surface area (Å²) in [6, 6.07) is 0.862. The Balaban J connectivity index is 0.000000193. The molecular weight excluding hydrogens is 436 g/mol. The third-order valence-corrected chi connectivity index (χ3v) is 4.64. The number of nitrogen functional groups attached to an aromatic ring is 1. The lowest BCUT2D eigenvalue weighted by Gasteiger charge is -2.29. The van der Waals surface area contributed by atoms with Crippen LogP contribution >= 0.6 is 0 Å². The van der Waals surface area contributed by atoms with Crippen LogP contribution in [0.1, 0.15) is 5.56 Å². The molecule has 0 atom stereocenters. The minimum Gasteiger partial charge on any atom is -0.489 e. The zero-order valence-electron chi connectivity index (χ0n) is 16.9. The number of aryl methyl sites for hydroxylation is 1. The zero-order valence-corrected chi connectivity index (χ0v) is 16.9. The van der Waals surface area contributed by atoms with Crippen LogP contribution < -0.4 is 20.7 Å². The number of aromatic nitrogens is 3. The number of halogens is 4. The van der Waals surface area contributed by atoms with E-state index in [1.54, 1.807) is 17.1 Å². The maximum atomic E-state index is 13.7. The van der Waals surface area contributed by atoms with Crippen molar-refractivity contribution < 1.29 is 31.9 Å². The SMILES string of the molecule is CNc1cnc(N)c2c1cnn2C.O=CC(=O)N1CCOc2cc(C(F)(F)F)cc(F)c21. The van der Waals surface area contributed by atoms with Gasteiger partial charge in [0.25, 0.3) is 5.91 Å². The Morgan fingerprint density at radius 3 is 2.66 bits per heavy atom. The molecule has 2 aromatic heterocycles. The maximum Gasteiger partial charge on any atom is 0.416 e. The minimum absolute atomic E-state index is 0.0355. The molecule has 3 N–H and O–H groups in total. The van der Waals surface area contributed by atoms with Crippen LogP contribution in [-0.2, 0) is 22.8 Å². The lowest BCUT2D eigenvalue weighted by molar-refractivity contribution is -0.137. The van der Waals surface area contributed by atoms with Gasteiger partial charge in [0.15, 0.2) is 5.82 Å². The van der Waals surface area contributed by atoms with Crippen molar-refractivity contribution in [1.29, 1.82) is 0 Å². The van der Waals surface area contributed by atoms with E-state index < -0.39 is 34.9 Å². The minimum atomic E-state index is -4.73. The van der Waals surface area contributed by atoms with Crippen LogP contribution in [0.25, 0.3) is 10.9 Å². The number of carbonyl (C=O) groups excluding carboxylic acids is 2. The molecule has 0 saturated carbocycles. The largest absolute Gasteiger partial charge is 0.489 e. The van der Waals surface area contributed by atoms with E-state index >= 15 is 0 Å². The molecule has 0 fully saturated rings. The molecule has 1 aliphatic rings. The highest BCUT2D eigenvalue weighted by molar-refractivity contribution is 6.30. The maximum absolute atomic E-state index is 13.7. The second-order valence-electron chi connectivity index (χ2n) is 6.60. The van der Waals surface area contributed by atoms with Gasteiger partial charge in [0, 0.05) is 19.5 Å². The highest BCUT2D eigenvalue weighted by Crippen LogP contribution is 2.40. The van der Waals surface area contributed by atoms with Crippen LogP contribution in [0.2, 0.25) is 0 Å². The monoisotopic (exact) mass is 454 g/mol. The van der Waals surface area contributed by atoms with Crippen LogP contribution in [0.15, 0.2) is 24.5 Å². The van der Waals surface area contributed by atoms with E-state index in [1.807, 2.05) is 14.1 Å². The fourth-order valence-corrected chi connectivity index (χ4v) is 3.15. The number of aldehydes is 1. The molecule has 1 amide bonds. The second kappa shape index (κ2) is 8.69. The first-order chi connectivity index (χ1) is 15.1. The van der Waals surface area contributed by atoms with E-state index in [2.05, 4.69) is 15.4 Å². The van der Waals surface area contributed by atoms with Crippen molar-refractivity contribution in [2.75, 3.05) is 36.1 Å². The number of ether oxygens (including phenoxy) is 1. The molecular formula is C19H18F4N6O3. The predicted octanol–water partition coefficient (Wildman–Crippen LogP) is 2.36. The Labute approximate surface area is 178 Å². The van der Waals surface area contributed by atoms with Gasteiger partial charge in [-0.3, -0.25) is 19.2 Å². The quantitative estimate of drug-likeness (QED) is 0.347. The lowest BCUT2D eigenvalue weighted by Crippen LogP contribution is -2.39. The van der Waals surface area contributed by atoms with Crippen molar-refractivity contribution in [2.45, 2.75) is 6.18 Å². The normalized spacial score (nSPS) is 13.0. The molecule has 3 aromatic rings. The third kappa shape index (κ3) is 4.26. The van der Waals surface area contributed by atoms with Gasteiger partial charge in [-0.15, -0.1) is 0 Å². The Kier molecular flexibility index (Phi) is 6.18. The number of benzene rings is 1. The van der Waals surface area contributed by atoms with Crippen molar-refractivity contribution >= 4 is 40.3 Å². The number of nitrogens with two attached hydrogens (primary N) is 1. The van der Waals surface area contributed by atoms with Crippen LogP contribution in [-0.4, -0.2) is 47.2 Å². The number of alkyl halides is 3. The van der Waals surface area contributed by atoms with E-state index in [9.17, 15) is 27.2 Å². The number of carbonyl (C=O) groups is 2. The molecule has 1 aliphatic heterocycles. The molecule has 1 aromatic carbocycles. The fraction of sp³-hybridized carbons (Fsp3) is 0.263. The first-order valence-electron chi connectivity index (χ1n) is 9.12. The van der Waals surface area contributed by atoms with E-state index in [0.29, 0.717) is 11.9 Å². The molecule has 170 valence electrons. The van der Waals surface area contributed by atoms with E-state index in [4.69, 9.17) is 10.5 Å². The van der Waals surface area contributed by atoms with Gasteiger partial charge in [-0.2, -0.15) is 18.3 Å². The van der Waals surface area contributed by atoms with Crippen molar-refractivity contribution in [3.63, 3.8) is 0 Å². The van der Waals surface area contributed by atoms with Crippen LogP contribution in [0, 0.1) is 5.82 Å². The third-order valence-electron chi connectivity index (χ3n) is 4.64. The van der Waals surface area contributed by atoms with E-state index in [1.165, 1.54) is 0 Å². The summed E-state index contributed by atoms with van der Waals surface area (Å²) in [6.45, 7) is -0.222. The van der Waals surface area contributed by atoms with Gasteiger partial charge in [-0.1, -0.05) is 0 Å². The molecule has 0 bridgehead atoms. The Morgan fingerprint density at radius 2 is 2.03 bits per heavy atom. The number of fused-ring (bicyclic) bond motifs is 2. The summed E-state index contributed by atoms with van der Waals surface area (Å²) in [7, 11) is 3.69. The summed E-state index contributed by atoms with van der Waals surface area (Å²) >= 11 is 0. The molecule has 4 rings (SSSR count). The van der Waals surface area contributed by atoms with E-state index in [0.717, 1.165) is 21.5 Å². The van der Waals surface area contributed by atoms with Gasteiger partial charge < -0.3 is 15.8 Å². The zero-order chi connectivity index (χ0) is 23.6. The van der Waals surface area contributed by atoms with Gasteiger partial charge in [-0.25, -0.2) is 9.37 Å². The van der Waals surface area contributed by atoms with Crippen molar-refractivity contribution in [2.24, 2.45) is 7.05 Å². The van der Waals surface area contributed by atoms with Gasteiger partial charge in [0.2, 0.25) is 6.29 Å². The van der Waals surface area contributed by atoms with Crippen LogP contribution in [0.3, 0.4) is 0 Å². The lowest BCUT2D eigenvalue weighted by atomic mass is 10.1. The molecule has 0 spiro atoms. The summed E-state index contributed by atoms with van der Waals surface area (Å²) in [6.07, 6.45) is -1.28. The Bertz CT molecular complexity index is 1180. The number of hydrogen-bond acceptors (Lipinski definition) is 7. The highest BCUT2D eigenvalue weighted by Gasteiger charge is 2.35. The van der Waals surface area contributed by atoms with Gasteiger partial charge in [0.1, 0.15) is 29.4 Å². The standard InChI is InChI=1S/C11H7F4NO3.C8H11N5/c12-7-3-6(11(13,14)15)4-8-10(7)16(1-2-19-8)9(18)5-17;1-10-6-4-11-8(9)7-5(6)3-12-13(7)2/h3-5H,1-2H2;3-4,10H,1-2H3,(H2,9,11). The molecule has 3 heterocycles. The number of rotatable bonds is 2. The van der Waals surface area contributed by atoms with Crippen molar-refractivity contribution in [3.05, 3.63) is 35.9 Å². The summed E-state index contributed by atoms with van der Waals surface area (Å²) in [4.78, 5) is 26.5. The Morgan fingerprint density at radius 1 is 1.31 bits per heavy atom. The number of nitrogens with one attached hydrogen (secondary N) is 1. The molecule has 9 nitrogen and oxygen atoms in total. The van der Waals surface area contributed by atoms with Gasteiger partial charge >= 0.3 is 6.18 Å². The van der Waals surface area contributed by atoms with Crippen molar-refractivity contribution in [1.82, 2.24) is 14.8 Å². The number of pyridine rings is 1. The van der Waals surface area contributed by atoms with Gasteiger partial charge in [0.05, 0.1) is 30.2 Å². The molecule has 13 heteroatoms. The smallest absolute Gasteiger partial charge is 0.416 e. The summed E-state index contributed by atoms with van der Waals surface area (Å²) in [5.41, 5.74) is 5.87. The average molecular weight is 454 g/mol. The highest BCUT2D eigenvalue weighted by atomic mass is 19.4. The molecule has 0 unspecified atom stereocenters. The predicted molar refractivity (Wildman–Crippen MR) is 108 cm³/mol. The van der Waals surface area contributed by atoms with Crippen LogP contribution in [0.4, 0.5) is 34.8 Å². The molecule has 0 saturated heterocycles. The topological polar surface area (TPSA) is 115 Å². The summed E-state index contributed by atoms with van der Waals surface area (Å²) < 4.78 is 57.9. The number of anilines is 3. The Hall–Kier alpha value is -3.90. The fourth-order valence-electron chi connectivity index (χ4n) is 3.15. The summed E-state index contributed by atoms with van der Waals surface area (Å²) in [5, 5.41) is 8.16.